The Hall–Kier alpha value is -2.67. The fourth-order valence-corrected chi connectivity index (χ4v) is 6.63. The number of fused-ring (bicyclic) bond motifs is 2. The van der Waals surface area contributed by atoms with Gasteiger partial charge < -0.3 is 34.1 Å². The van der Waals surface area contributed by atoms with E-state index in [1.165, 1.54) is 0 Å². The van der Waals surface area contributed by atoms with Gasteiger partial charge in [0.05, 0.1) is 63.5 Å². The van der Waals surface area contributed by atoms with Crippen LogP contribution < -0.4 is 18.9 Å². The molecule has 2 N–H and O–H groups in total. The maximum atomic E-state index is 13.5. The molecule has 2 aromatic carbocycles. The van der Waals surface area contributed by atoms with Crippen LogP contribution >= 0.6 is 23.1 Å². The topological polar surface area (TPSA) is 84.5 Å². The van der Waals surface area contributed by atoms with Crippen LogP contribution in [0.5, 0.6) is 11.5 Å². The van der Waals surface area contributed by atoms with Crippen LogP contribution in [0.3, 0.4) is 0 Å². The summed E-state index contributed by atoms with van der Waals surface area (Å²) in [5.41, 5.74) is 2.95. The molecule has 0 saturated heterocycles. The van der Waals surface area contributed by atoms with Crippen molar-refractivity contribution in [2.24, 2.45) is 0 Å². The number of allylic oxidation sites excluding steroid dienone is 2. The summed E-state index contributed by atoms with van der Waals surface area (Å²) in [5, 5.41) is 20.5. The molecule has 11 heteroatoms. The Kier molecular flexibility index (Phi) is 11.6. The highest BCUT2D eigenvalue weighted by Gasteiger charge is 2.26. The van der Waals surface area contributed by atoms with Crippen molar-refractivity contribution in [1.29, 1.82) is 0 Å². The summed E-state index contributed by atoms with van der Waals surface area (Å²) < 4.78 is 38.6. The summed E-state index contributed by atoms with van der Waals surface area (Å²) in [6, 6.07) is 11.8. The van der Waals surface area contributed by atoms with Gasteiger partial charge in [0, 0.05) is 17.0 Å². The van der Waals surface area contributed by atoms with Gasteiger partial charge in [0.2, 0.25) is 5.52 Å². The van der Waals surface area contributed by atoms with Gasteiger partial charge in [-0.05, 0) is 42.8 Å². The lowest BCUT2D eigenvalue weighted by Gasteiger charge is -2.19. The molecule has 8 nitrogen and oxygen atoms in total. The number of ether oxygens (including phenoxy) is 4. The molecule has 1 aromatic heterocycles. The van der Waals surface area contributed by atoms with Crippen molar-refractivity contribution in [2.75, 3.05) is 71.5 Å². The monoisotopic (exact) mass is 590 g/mol. The van der Waals surface area contributed by atoms with Crippen LogP contribution in [0.15, 0.2) is 58.0 Å². The minimum absolute atomic E-state index is 0.00218. The second-order valence-corrected chi connectivity index (χ2v) is 11.0. The lowest BCUT2D eigenvalue weighted by molar-refractivity contribution is -0.670. The molecule has 0 radical (unpaired) electrons. The van der Waals surface area contributed by atoms with Crippen LogP contribution in [0.2, 0.25) is 0 Å². The Morgan fingerprint density at radius 2 is 1.77 bits per heavy atom. The number of halogens is 1. The lowest BCUT2D eigenvalue weighted by atomic mass is 10.2. The normalized spacial score (nSPS) is 14.4. The van der Waals surface area contributed by atoms with Crippen LogP contribution in [-0.2, 0) is 16.0 Å². The van der Waals surface area contributed by atoms with Gasteiger partial charge in [-0.2, -0.15) is 4.57 Å². The summed E-state index contributed by atoms with van der Waals surface area (Å²) in [6.07, 6.45) is 4.17. The minimum atomic E-state index is -0.459. The number of aliphatic hydroxyl groups excluding tert-OH is 2. The number of anilines is 1. The van der Waals surface area contributed by atoms with Crippen molar-refractivity contribution in [1.82, 2.24) is 0 Å². The quantitative estimate of drug-likeness (QED) is 0.187. The van der Waals surface area contributed by atoms with Crippen LogP contribution in [0, 0.1) is 0 Å². The Balaban J connectivity index is 1.49. The largest absolute Gasteiger partial charge is 0.497 e. The lowest BCUT2D eigenvalue weighted by Crippen LogP contribution is -2.36. The van der Waals surface area contributed by atoms with Crippen molar-refractivity contribution in [3.05, 3.63) is 58.1 Å². The highest BCUT2D eigenvalue weighted by molar-refractivity contribution is 8.03. The molecule has 0 atom stereocenters. The van der Waals surface area contributed by atoms with Crippen molar-refractivity contribution < 1.29 is 38.1 Å². The fourth-order valence-electron chi connectivity index (χ4n) is 4.28. The number of aliphatic hydroxyl groups is 2. The van der Waals surface area contributed by atoms with Gasteiger partial charge in [0.1, 0.15) is 36.1 Å². The molecule has 0 aliphatic carbocycles. The molecule has 4 rings (SSSR count). The van der Waals surface area contributed by atoms with Gasteiger partial charge in [-0.15, -0.1) is 0 Å². The van der Waals surface area contributed by atoms with E-state index in [0.29, 0.717) is 39.6 Å². The molecule has 40 heavy (non-hydrogen) atoms. The van der Waals surface area contributed by atoms with Gasteiger partial charge in [0.25, 0.3) is 5.01 Å². The number of benzene rings is 2. The van der Waals surface area contributed by atoms with E-state index in [4.69, 9.17) is 24.1 Å². The highest BCUT2D eigenvalue weighted by atomic mass is 32.2. The summed E-state index contributed by atoms with van der Waals surface area (Å²) in [5.74, 6) is 1.47. The van der Waals surface area contributed by atoms with E-state index in [-0.39, 0.29) is 19.8 Å². The van der Waals surface area contributed by atoms with E-state index in [1.54, 1.807) is 30.2 Å². The highest BCUT2D eigenvalue weighted by Crippen LogP contribution is 2.47. The van der Waals surface area contributed by atoms with Gasteiger partial charge in [-0.1, -0.05) is 23.1 Å². The summed E-state index contributed by atoms with van der Waals surface area (Å²) in [7, 11) is 1.63. The number of nitrogens with zero attached hydrogens (tertiary/aromatic N) is 2. The third-order valence-electron chi connectivity index (χ3n) is 6.08. The third kappa shape index (κ3) is 7.74. The van der Waals surface area contributed by atoms with Crippen LogP contribution in [0.25, 0.3) is 16.3 Å². The van der Waals surface area contributed by atoms with Crippen LogP contribution in [0.4, 0.5) is 10.1 Å². The minimum Gasteiger partial charge on any atom is -0.497 e. The number of methoxy groups -OCH3 is 1. The van der Waals surface area contributed by atoms with Crippen LogP contribution in [-0.4, -0.2) is 76.8 Å². The fraction of sp³-hybridized carbons (Fsp3) is 0.414. The second-order valence-electron chi connectivity index (χ2n) is 8.89. The molecular formula is C29H36FN2O6S2+. The predicted molar refractivity (Wildman–Crippen MR) is 157 cm³/mol. The maximum absolute atomic E-state index is 13.5. The zero-order valence-electron chi connectivity index (χ0n) is 22.8. The van der Waals surface area contributed by atoms with Gasteiger partial charge in [-0.25, -0.2) is 4.39 Å². The van der Waals surface area contributed by atoms with E-state index in [2.05, 4.69) is 16.7 Å². The van der Waals surface area contributed by atoms with Crippen molar-refractivity contribution in [3.63, 3.8) is 0 Å². The molecule has 0 unspecified atom stereocenters. The maximum Gasteiger partial charge on any atom is 0.263 e. The predicted octanol–water partition coefficient (Wildman–Crippen LogP) is 4.42. The average Bonchev–Trinajstić information content (AvgIpc) is 3.46. The van der Waals surface area contributed by atoms with Gasteiger partial charge in [-0.3, -0.25) is 0 Å². The van der Waals surface area contributed by atoms with Gasteiger partial charge >= 0.3 is 0 Å². The van der Waals surface area contributed by atoms with Crippen LogP contribution in [0.1, 0.15) is 11.9 Å². The first-order valence-electron chi connectivity index (χ1n) is 13.1. The molecule has 0 amide bonds. The van der Waals surface area contributed by atoms with Crippen molar-refractivity contribution >= 4 is 45.1 Å². The zero-order chi connectivity index (χ0) is 28.3. The van der Waals surface area contributed by atoms with E-state index < -0.39 is 6.67 Å². The third-order valence-corrected chi connectivity index (χ3v) is 8.30. The first-order chi connectivity index (χ1) is 19.6. The molecule has 0 spiro atoms. The zero-order valence-corrected chi connectivity index (χ0v) is 24.4. The summed E-state index contributed by atoms with van der Waals surface area (Å²) in [6.45, 7) is 4.31. The van der Waals surface area contributed by atoms with E-state index >= 15 is 0 Å². The number of thiazole rings is 1. The molecule has 3 aromatic rings. The molecule has 2 heterocycles. The number of hydrogen-bond donors (Lipinski definition) is 2. The first kappa shape index (κ1) is 30.3. The number of aromatic nitrogens is 1. The van der Waals surface area contributed by atoms with E-state index in [9.17, 15) is 9.50 Å². The molecular weight excluding hydrogens is 554 g/mol. The summed E-state index contributed by atoms with van der Waals surface area (Å²) in [4.78, 5) is 3.06. The number of rotatable bonds is 16. The Morgan fingerprint density at radius 1 is 1.00 bits per heavy atom. The van der Waals surface area contributed by atoms with Gasteiger partial charge in [0.15, 0.2) is 6.54 Å². The molecule has 1 aliphatic heterocycles. The standard InChI is InChI=1S/C29H36FN2O6S2/c1-21(17-28-31(8-7-30)24-19-22(35-2)3-5-26(24)39-28)18-29-32(9-10-33)25-20-23(4-6-27(25)40-29)38-16-15-37-14-13-36-12-11-34/h3-6,17-20,33-34H,7-16H2,1-2H3/q+1/i30-1. The van der Waals surface area contributed by atoms with E-state index in [0.717, 1.165) is 47.9 Å². The smallest absolute Gasteiger partial charge is 0.263 e. The Morgan fingerprint density at radius 3 is 2.52 bits per heavy atom. The molecule has 0 bridgehead atoms. The number of alkyl halides is 1. The first-order valence-corrected chi connectivity index (χ1v) is 14.8. The Bertz CT molecular complexity index is 1330. The van der Waals surface area contributed by atoms with Crippen molar-refractivity contribution in [2.45, 2.75) is 18.4 Å². The Labute approximate surface area is 242 Å². The molecule has 216 valence electrons. The SMILES string of the molecule is COc1ccc2c(c1)N(CC[18F])/C(=C/C(C)=C/c1sc3ccc(OCCOCCOCCO)cc3[n+]1CCO)S2. The number of thioether (sulfide) groups is 1. The molecule has 0 fully saturated rings. The second kappa shape index (κ2) is 15.4. The van der Waals surface area contributed by atoms with E-state index in [1.807, 2.05) is 48.2 Å². The average molecular weight is 591 g/mol. The summed E-state index contributed by atoms with van der Waals surface area (Å²) >= 11 is 3.26. The number of hydrogen-bond acceptors (Lipinski definition) is 9. The van der Waals surface area contributed by atoms with Crippen molar-refractivity contribution in [3.8, 4) is 11.5 Å². The molecule has 0 saturated carbocycles. The molecule has 1 aliphatic rings.